The maximum atomic E-state index is 12.9. The Bertz CT molecular complexity index is 1310. The minimum absolute atomic E-state index is 0.0503. The lowest BCUT2D eigenvalue weighted by Crippen LogP contribution is -2.26. The van der Waals surface area contributed by atoms with Crippen molar-refractivity contribution in [2.75, 3.05) is 18.1 Å². The second-order valence-corrected chi connectivity index (χ2v) is 9.04. The molecule has 3 aromatic carbocycles. The lowest BCUT2D eigenvalue weighted by molar-refractivity contribution is -0.117. The molecule has 5 rings (SSSR count). The van der Waals surface area contributed by atoms with Crippen LogP contribution in [0.4, 0.5) is 5.69 Å². The third-order valence-electron chi connectivity index (χ3n) is 6.44. The number of para-hydroxylation sites is 3. The Kier molecular flexibility index (Phi) is 6.07. The third kappa shape index (κ3) is 4.41. The number of aliphatic hydroxyl groups excluding tert-OH is 1. The number of nitrogens with zero attached hydrogens (tertiary/aromatic N) is 3. The van der Waals surface area contributed by atoms with Crippen molar-refractivity contribution in [3.8, 4) is 5.75 Å². The van der Waals surface area contributed by atoms with E-state index < -0.39 is 6.10 Å². The Balaban J connectivity index is 1.38. The summed E-state index contributed by atoms with van der Waals surface area (Å²) in [6.45, 7) is 5.11. The van der Waals surface area contributed by atoms with Crippen molar-refractivity contribution in [3.63, 3.8) is 0 Å². The molecule has 1 aliphatic heterocycles. The Morgan fingerprint density at radius 3 is 2.56 bits per heavy atom. The molecule has 0 saturated carbocycles. The number of rotatable bonds is 7. The van der Waals surface area contributed by atoms with Crippen LogP contribution in [0.1, 0.15) is 29.3 Å². The fourth-order valence-corrected chi connectivity index (χ4v) is 4.62. The van der Waals surface area contributed by atoms with Gasteiger partial charge in [0, 0.05) is 24.6 Å². The molecule has 1 aromatic heterocycles. The molecule has 4 aromatic rings. The van der Waals surface area contributed by atoms with Crippen LogP contribution in [0, 0.1) is 13.8 Å². The van der Waals surface area contributed by atoms with Crippen molar-refractivity contribution in [3.05, 3.63) is 89.7 Å². The number of aliphatic hydroxyl groups is 1. The zero-order valence-electron chi connectivity index (χ0n) is 19.5. The molecule has 0 bridgehead atoms. The highest BCUT2D eigenvalue weighted by molar-refractivity contribution is 5.96. The molecule has 0 spiro atoms. The number of benzene rings is 3. The van der Waals surface area contributed by atoms with E-state index >= 15 is 0 Å². The topological polar surface area (TPSA) is 67.6 Å². The Hall–Kier alpha value is -3.64. The number of hydrogen-bond donors (Lipinski definition) is 1. The van der Waals surface area contributed by atoms with Crippen molar-refractivity contribution < 1.29 is 14.6 Å². The molecule has 1 fully saturated rings. The van der Waals surface area contributed by atoms with E-state index in [0.29, 0.717) is 19.5 Å². The lowest BCUT2D eigenvalue weighted by atomic mass is 10.1. The number of hydrogen-bond acceptors (Lipinski definition) is 4. The largest absolute Gasteiger partial charge is 0.491 e. The van der Waals surface area contributed by atoms with Crippen LogP contribution in [-0.2, 0) is 11.3 Å². The van der Waals surface area contributed by atoms with Crippen LogP contribution in [0.15, 0.2) is 72.8 Å². The SMILES string of the molecule is Cc1ccc(N2C[C@H](c3nc4ccccc4n3C[C@@H](O)COc3ccccc3C)CC2=O)cc1. The van der Waals surface area contributed by atoms with Gasteiger partial charge in [-0.1, -0.05) is 48.0 Å². The molecule has 6 nitrogen and oxygen atoms in total. The zero-order valence-corrected chi connectivity index (χ0v) is 19.5. The van der Waals surface area contributed by atoms with E-state index in [4.69, 9.17) is 9.72 Å². The van der Waals surface area contributed by atoms with E-state index in [1.54, 1.807) is 0 Å². The fourth-order valence-electron chi connectivity index (χ4n) is 4.62. The average Bonchev–Trinajstić information content (AvgIpc) is 3.40. The number of anilines is 1. The van der Waals surface area contributed by atoms with E-state index in [2.05, 4.69) is 4.57 Å². The van der Waals surface area contributed by atoms with Crippen LogP contribution in [0.25, 0.3) is 11.0 Å². The van der Waals surface area contributed by atoms with Crippen LogP contribution in [0.2, 0.25) is 0 Å². The summed E-state index contributed by atoms with van der Waals surface area (Å²) in [5.41, 5.74) is 4.92. The molecule has 0 radical (unpaired) electrons. The number of fused-ring (bicyclic) bond motifs is 1. The number of aromatic nitrogens is 2. The van der Waals surface area contributed by atoms with Crippen molar-refractivity contribution in [1.29, 1.82) is 0 Å². The number of amides is 1. The van der Waals surface area contributed by atoms with Gasteiger partial charge in [-0.3, -0.25) is 4.79 Å². The van der Waals surface area contributed by atoms with Gasteiger partial charge in [-0.2, -0.15) is 0 Å². The first kappa shape index (κ1) is 22.2. The van der Waals surface area contributed by atoms with Crippen molar-refractivity contribution >= 4 is 22.6 Å². The quantitative estimate of drug-likeness (QED) is 0.442. The Morgan fingerprint density at radius 1 is 1.03 bits per heavy atom. The molecular formula is C28H29N3O3. The summed E-state index contributed by atoms with van der Waals surface area (Å²) in [7, 11) is 0. The van der Waals surface area contributed by atoms with Crippen molar-refractivity contribution in [2.45, 2.75) is 38.8 Å². The average molecular weight is 456 g/mol. The molecule has 174 valence electrons. The lowest BCUT2D eigenvalue weighted by Gasteiger charge is -2.19. The van der Waals surface area contributed by atoms with Crippen LogP contribution in [0.5, 0.6) is 5.75 Å². The summed E-state index contributed by atoms with van der Waals surface area (Å²) in [6, 6.07) is 23.7. The molecule has 6 heteroatoms. The second-order valence-electron chi connectivity index (χ2n) is 9.04. The number of carbonyl (C=O) groups excluding carboxylic acids is 1. The Labute approximate surface area is 199 Å². The van der Waals surface area contributed by atoms with Gasteiger partial charge >= 0.3 is 0 Å². The first-order valence-electron chi connectivity index (χ1n) is 11.7. The second kappa shape index (κ2) is 9.31. The van der Waals surface area contributed by atoms with E-state index in [1.165, 1.54) is 0 Å². The smallest absolute Gasteiger partial charge is 0.227 e. The monoisotopic (exact) mass is 455 g/mol. The van der Waals surface area contributed by atoms with Gasteiger partial charge in [-0.05, 0) is 49.7 Å². The highest BCUT2D eigenvalue weighted by Crippen LogP contribution is 2.33. The van der Waals surface area contributed by atoms with Crippen LogP contribution in [0.3, 0.4) is 0 Å². The molecule has 1 aliphatic rings. The van der Waals surface area contributed by atoms with Gasteiger partial charge in [-0.25, -0.2) is 4.98 Å². The molecule has 1 amide bonds. The summed E-state index contributed by atoms with van der Waals surface area (Å²) in [5.74, 6) is 1.65. The fraction of sp³-hybridized carbons (Fsp3) is 0.286. The zero-order chi connectivity index (χ0) is 23.7. The summed E-state index contributed by atoms with van der Waals surface area (Å²) < 4.78 is 7.93. The van der Waals surface area contributed by atoms with Gasteiger partial charge < -0.3 is 19.3 Å². The molecule has 2 heterocycles. The number of imidazole rings is 1. The molecule has 1 N–H and O–H groups in total. The van der Waals surface area contributed by atoms with Crippen LogP contribution >= 0.6 is 0 Å². The predicted molar refractivity (Wildman–Crippen MR) is 133 cm³/mol. The van der Waals surface area contributed by atoms with E-state index in [9.17, 15) is 9.90 Å². The summed E-state index contributed by atoms with van der Waals surface area (Å²) in [6.07, 6.45) is -0.325. The number of carbonyl (C=O) groups is 1. The summed E-state index contributed by atoms with van der Waals surface area (Å²) in [5, 5.41) is 10.9. The van der Waals surface area contributed by atoms with Gasteiger partial charge in [0.2, 0.25) is 5.91 Å². The first-order chi connectivity index (χ1) is 16.5. The van der Waals surface area contributed by atoms with E-state index in [0.717, 1.165) is 39.4 Å². The van der Waals surface area contributed by atoms with Gasteiger partial charge in [0.05, 0.1) is 17.6 Å². The highest BCUT2D eigenvalue weighted by atomic mass is 16.5. The molecule has 1 saturated heterocycles. The molecule has 2 atom stereocenters. The summed E-state index contributed by atoms with van der Waals surface area (Å²) >= 11 is 0. The first-order valence-corrected chi connectivity index (χ1v) is 11.7. The highest BCUT2D eigenvalue weighted by Gasteiger charge is 2.35. The normalized spacial score (nSPS) is 16.9. The number of aryl methyl sites for hydroxylation is 2. The molecule has 0 aliphatic carbocycles. The molecular weight excluding hydrogens is 426 g/mol. The van der Waals surface area contributed by atoms with E-state index in [1.807, 2.05) is 91.5 Å². The minimum Gasteiger partial charge on any atom is -0.491 e. The molecule has 34 heavy (non-hydrogen) atoms. The predicted octanol–water partition coefficient (Wildman–Crippen LogP) is 4.61. The number of ether oxygens (including phenoxy) is 1. The van der Waals surface area contributed by atoms with Crippen LogP contribution in [-0.4, -0.2) is 39.8 Å². The standard InChI is InChI=1S/C28H29N3O3/c1-19-11-13-22(14-12-19)30-16-21(15-27(30)33)28-29-24-8-4-5-9-25(24)31(28)17-23(32)18-34-26-10-6-3-7-20(26)2/h3-14,21,23,32H,15-18H2,1-2H3/t21-,23-/m1/s1. The maximum absolute atomic E-state index is 12.9. The van der Waals surface area contributed by atoms with Gasteiger partial charge in [-0.15, -0.1) is 0 Å². The van der Waals surface area contributed by atoms with Crippen molar-refractivity contribution in [1.82, 2.24) is 9.55 Å². The summed E-state index contributed by atoms with van der Waals surface area (Å²) in [4.78, 5) is 19.6. The Morgan fingerprint density at radius 2 is 1.76 bits per heavy atom. The van der Waals surface area contributed by atoms with E-state index in [-0.39, 0.29) is 18.4 Å². The van der Waals surface area contributed by atoms with Gasteiger partial charge in [0.15, 0.2) is 0 Å². The van der Waals surface area contributed by atoms with Gasteiger partial charge in [0.25, 0.3) is 0 Å². The maximum Gasteiger partial charge on any atom is 0.227 e. The van der Waals surface area contributed by atoms with Gasteiger partial charge in [0.1, 0.15) is 24.3 Å². The van der Waals surface area contributed by atoms with Crippen molar-refractivity contribution in [2.24, 2.45) is 0 Å². The third-order valence-corrected chi connectivity index (χ3v) is 6.44. The molecule has 0 unspecified atom stereocenters. The minimum atomic E-state index is -0.721. The van der Waals surface area contributed by atoms with Crippen LogP contribution < -0.4 is 9.64 Å².